The van der Waals surface area contributed by atoms with Gasteiger partial charge in [-0.1, -0.05) is 30.3 Å². The molecule has 3 nitrogen and oxygen atoms in total. The summed E-state index contributed by atoms with van der Waals surface area (Å²) in [7, 11) is 0. The Morgan fingerprint density at radius 2 is 1.64 bits per heavy atom. The third-order valence-electron chi connectivity index (χ3n) is 4.22. The molecule has 0 saturated heterocycles. The summed E-state index contributed by atoms with van der Waals surface area (Å²) in [4.78, 5) is 15.9. The zero-order valence-electron chi connectivity index (χ0n) is 11.5. The number of aromatic nitrogens is 2. The lowest BCUT2D eigenvalue weighted by Gasteiger charge is -1.94. The highest BCUT2D eigenvalue weighted by atomic mass is 35.5. The predicted molar refractivity (Wildman–Crippen MR) is 80.8 cm³/mol. The van der Waals surface area contributed by atoms with Gasteiger partial charge in [0.05, 0.1) is 10.9 Å². The molecular formula is C18H11ClN2O. The van der Waals surface area contributed by atoms with Crippen LogP contribution in [0.2, 0.25) is 0 Å². The minimum absolute atomic E-state index is 0. The minimum atomic E-state index is 0. The number of pyridine rings is 1. The van der Waals surface area contributed by atoms with Gasteiger partial charge in [0.25, 0.3) is 11.5 Å². The van der Waals surface area contributed by atoms with Crippen molar-refractivity contribution >= 4 is 27.6 Å². The fourth-order valence-electron chi connectivity index (χ4n) is 3.23. The fourth-order valence-corrected chi connectivity index (χ4v) is 3.23. The molecule has 22 heavy (non-hydrogen) atoms. The van der Waals surface area contributed by atoms with Crippen LogP contribution < -0.4 is 17.0 Å². The Hall–Kier alpha value is -2.65. The summed E-state index contributed by atoms with van der Waals surface area (Å²) in [6, 6.07) is 17.9. The van der Waals surface area contributed by atoms with Crippen LogP contribution >= 0.6 is 0 Å². The molecule has 0 aliphatic carbocycles. The number of carbonyl (C=O) groups excluding carboxylic acids is 1. The first-order chi connectivity index (χ1) is 10.3. The largest absolute Gasteiger partial charge is 1.00 e. The number of hydrogen-bond donors (Lipinski definition) is 1. The van der Waals surface area contributed by atoms with Crippen LogP contribution in [0.4, 0.5) is 0 Å². The molecule has 0 fully saturated rings. The van der Waals surface area contributed by atoms with Crippen molar-refractivity contribution in [3.05, 3.63) is 72.1 Å². The van der Waals surface area contributed by atoms with Crippen LogP contribution in [0.25, 0.3) is 27.5 Å². The summed E-state index contributed by atoms with van der Waals surface area (Å²) in [6.07, 6.45) is 2.06. The topological polar surface area (TPSA) is 36.7 Å². The Labute approximate surface area is 132 Å². The Kier molecular flexibility index (Phi) is 2.62. The summed E-state index contributed by atoms with van der Waals surface area (Å²) in [6.45, 7) is 0. The normalized spacial score (nSPS) is 12.3. The number of carbonyl (C=O) groups is 1. The molecule has 0 bridgehead atoms. The number of fused-ring (bicyclic) bond motifs is 6. The summed E-state index contributed by atoms with van der Waals surface area (Å²) >= 11 is 0. The monoisotopic (exact) mass is 306 g/mol. The first-order valence-corrected chi connectivity index (χ1v) is 6.93. The number of ketones is 1. The smallest absolute Gasteiger partial charge is 0.264 e. The van der Waals surface area contributed by atoms with Crippen LogP contribution in [0.3, 0.4) is 0 Å². The predicted octanol–water partition coefficient (Wildman–Crippen LogP) is 0.146. The Morgan fingerprint density at radius 3 is 2.55 bits per heavy atom. The van der Waals surface area contributed by atoms with Crippen LogP contribution in [-0.4, -0.2) is 10.8 Å². The maximum atomic E-state index is 12.5. The molecule has 2 aromatic carbocycles. The molecule has 0 spiro atoms. The van der Waals surface area contributed by atoms with Gasteiger partial charge >= 0.3 is 0 Å². The minimum Gasteiger partial charge on any atom is -1.00 e. The van der Waals surface area contributed by atoms with Crippen LogP contribution in [-0.2, 0) is 0 Å². The molecule has 4 heteroatoms. The third kappa shape index (κ3) is 1.51. The standard InChI is InChI=1S/C18H10N2O.ClH/c21-18-12-6-2-4-8-16(12)20-10-13-11-5-1-3-7-14(11)19-15(13)9-17(18)20;/h1-10H;1H. The Morgan fingerprint density at radius 1 is 0.864 bits per heavy atom. The summed E-state index contributed by atoms with van der Waals surface area (Å²) < 4.78 is 2.00. The quantitative estimate of drug-likeness (QED) is 0.406. The SMILES string of the molecule is O=C1c2ccccc2-[n+]2cc3c(cc21)[nH]c1ccccc13.[Cl-]. The number of halogens is 1. The zero-order valence-corrected chi connectivity index (χ0v) is 12.3. The van der Waals surface area contributed by atoms with E-state index in [1.54, 1.807) is 0 Å². The van der Waals surface area contributed by atoms with E-state index in [1.165, 1.54) is 5.39 Å². The Bertz CT molecular complexity index is 1070. The van der Waals surface area contributed by atoms with Crippen LogP contribution in [0, 0.1) is 0 Å². The molecule has 0 unspecified atom stereocenters. The van der Waals surface area contributed by atoms with Gasteiger partial charge in [-0.15, -0.1) is 0 Å². The van der Waals surface area contributed by atoms with Gasteiger partial charge in [-0.3, -0.25) is 4.79 Å². The maximum Gasteiger partial charge on any atom is 0.264 e. The molecule has 1 N–H and O–H groups in total. The number of benzene rings is 2. The molecule has 1 aliphatic rings. The number of hydrogen-bond acceptors (Lipinski definition) is 1. The summed E-state index contributed by atoms with van der Waals surface area (Å²) in [5, 5.41) is 2.32. The lowest BCUT2D eigenvalue weighted by molar-refractivity contribution is -0.592. The highest BCUT2D eigenvalue weighted by molar-refractivity contribution is 6.13. The molecule has 2 aromatic heterocycles. The molecule has 1 aliphatic heterocycles. The highest BCUT2D eigenvalue weighted by Crippen LogP contribution is 2.28. The van der Waals surface area contributed by atoms with Crippen molar-refractivity contribution in [2.45, 2.75) is 0 Å². The van der Waals surface area contributed by atoms with Crippen molar-refractivity contribution in [1.29, 1.82) is 0 Å². The van der Waals surface area contributed by atoms with E-state index in [2.05, 4.69) is 23.3 Å². The van der Waals surface area contributed by atoms with Crippen LogP contribution in [0.5, 0.6) is 0 Å². The van der Waals surface area contributed by atoms with E-state index >= 15 is 0 Å². The second kappa shape index (κ2) is 4.42. The molecule has 4 aromatic rings. The van der Waals surface area contributed by atoms with Gasteiger partial charge in [-0.2, -0.15) is 4.57 Å². The van der Waals surface area contributed by atoms with Crippen molar-refractivity contribution in [1.82, 2.24) is 4.98 Å². The van der Waals surface area contributed by atoms with E-state index in [0.717, 1.165) is 33.4 Å². The van der Waals surface area contributed by atoms with Crippen LogP contribution in [0.1, 0.15) is 16.1 Å². The molecule has 0 amide bonds. The van der Waals surface area contributed by atoms with E-state index < -0.39 is 0 Å². The van der Waals surface area contributed by atoms with Crippen molar-refractivity contribution in [2.75, 3.05) is 0 Å². The van der Waals surface area contributed by atoms with E-state index in [-0.39, 0.29) is 18.2 Å². The third-order valence-corrected chi connectivity index (χ3v) is 4.22. The Balaban J connectivity index is 0.00000125. The van der Waals surface area contributed by atoms with Gasteiger partial charge in [-0.05, 0) is 12.1 Å². The van der Waals surface area contributed by atoms with E-state index in [9.17, 15) is 4.79 Å². The second-order valence-electron chi connectivity index (χ2n) is 5.37. The summed E-state index contributed by atoms with van der Waals surface area (Å²) in [5.41, 5.74) is 4.55. The molecule has 0 saturated carbocycles. The van der Waals surface area contributed by atoms with Crippen molar-refractivity contribution in [2.24, 2.45) is 0 Å². The number of nitrogens with zero attached hydrogens (tertiary/aromatic N) is 1. The number of nitrogens with one attached hydrogen (secondary N) is 1. The maximum absolute atomic E-state index is 12.5. The van der Waals surface area contributed by atoms with Crippen molar-refractivity contribution < 1.29 is 21.8 Å². The summed E-state index contributed by atoms with van der Waals surface area (Å²) in [5.74, 6) is 0.0890. The van der Waals surface area contributed by atoms with Gasteiger partial charge in [0, 0.05) is 23.0 Å². The van der Waals surface area contributed by atoms with Crippen molar-refractivity contribution in [3.8, 4) is 5.69 Å². The molecular weight excluding hydrogens is 296 g/mol. The number of para-hydroxylation sites is 2. The number of aromatic amines is 1. The van der Waals surface area contributed by atoms with E-state index in [4.69, 9.17) is 0 Å². The van der Waals surface area contributed by atoms with E-state index in [1.807, 2.05) is 47.0 Å². The molecule has 106 valence electrons. The van der Waals surface area contributed by atoms with Gasteiger partial charge in [0.15, 0.2) is 6.20 Å². The average molecular weight is 307 g/mol. The first-order valence-electron chi connectivity index (χ1n) is 6.93. The van der Waals surface area contributed by atoms with E-state index in [0.29, 0.717) is 0 Å². The van der Waals surface area contributed by atoms with Crippen LogP contribution in [0.15, 0.2) is 60.8 Å². The zero-order chi connectivity index (χ0) is 14.0. The van der Waals surface area contributed by atoms with Gasteiger partial charge < -0.3 is 17.4 Å². The highest BCUT2D eigenvalue weighted by Gasteiger charge is 2.35. The molecule has 0 atom stereocenters. The average Bonchev–Trinajstić information content (AvgIpc) is 3.02. The van der Waals surface area contributed by atoms with Crippen molar-refractivity contribution in [3.63, 3.8) is 0 Å². The lowest BCUT2D eigenvalue weighted by atomic mass is 10.1. The van der Waals surface area contributed by atoms with Gasteiger partial charge in [-0.25, -0.2) is 0 Å². The number of H-pyrrole nitrogens is 1. The fraction of sp³-hybridized carbons (Fsp3) is 0. The second-order valence-corrected chi connectivity index (χ2v) is 5.37. The number of rotatable bonds is 0. The lowest BCUT2D eigenvalue weighted by Crippen LogP contribution is -3.00. The first kappa shape index (κ1) is 13.0. The molecule has 3 heterocycles. The van der Waals surface area contributed by atoms with Gasteiger partial charge in [0.2, 0.25) is 5.69 Å². The molecule has 0 radical (unpaired) electrons. The van der Waals surface area contributed by atoms with Gasteiger partial charge in [0.1, 0.15) is 5.56 Å². The molecule has 5 rings (SSSR count).